The van der Waals surface area contributed by atoms with E-state index in [0.29, 0.717) is 55.0 Å². The molecule has 0 aromatic rings. The largest absolute Gasteiger partial charge is 0.462 e. The first kappa shape index (κ1) is 81.4. The molecule has 500 valence electrons. The van der Waals surface area contributed by atoms with Crippen LogP contribution in [-0.2, 0) is 33.4 Å². The maximum absolute atomic E-state index is 11.6. The number of aliphatic hydroxyl groups is 1. The second-order valence-corrected chi connectivity index (χ2v) is 27.6. The first-order chi connectivity index (χ1) is 41.8. The van der Waals surface area contributed by atoms with E-state index in [1.54, 1.807) is 6.92 Å². The van der Waals surface area contributed by atoms with Crippen LogP contribution in [0.25, 0.3) is 0 Å². The van der Waals surface area contributed by atoms with E-state index in [2.05, 4.69) is 113 Å². The number of carbonyl (C=O) groups excluding carboxylic acids is 5. The fourth-order valence-corrected chi connectivity index (χ4v) is 12.6. The molecule has 87 heavy (non-hydrogen) atoms. The van der Waals surface area contributed by atoms with E-state index in [1.807, 2.05) is 0 Å². The lowest BCUT2D eigenvalue weighted by Gasteiger charge is -2.16. The van der Waals surface area contributed by atoms with Crippen molar-refractivity contribution < 1.29 is 38.6 Å². The van der Waals surface area contributed by atoms with Gasteiger partial charge >= 0.3 is 11.9 Å². The number of hydrogen-bond donors (Lipinski definition) is 1. The first-order valence-electron chi connectivity index (χ1n) is 36.3. The monoisotopic (exact) mass is 1210 g/mol. The maximum atomic E-state index is 11.6. The Kier molecular flexibility index (Phi) is 49.6. The van der Waals surface area contributed by atoms with Crippen molar-refractivity contribution in [1.29, 1.82) is 0 Å². The summed E-state index contributed by atoms with van der Waals surface area (Å²) in [6.07, 6.45) is 63.0. The average Bonchev–Trinajstić information content (AvgIpc) is 4.02. The summed E-state index contributed by atoms with van der Waals surface area (Å²) < 4.78 is 10.3. The molecule has 7 atom stereocenters. The number of ketones is 3. The molecular weight excluding hydrogens is 1080 g/mol. The SMILES string of the molecule is CC(C)=CCC/C(C)=C/CC/C(C)=C/CC1CCCC1=O.CC(C)=CCC/C(C)=C/CC/C(C)=C/CC1CCCC1O.CCCCCC1C(=O)CCC1CC(C)=O.CCCCCCCCC1CCC(=O)O1.CCCCCCCCCCC1CCC(=O)O1. The number of aliphatic hydroxyl groups excluding tert-OH is 1. The molecule has 2 heterocycles. The van der Waals surface area contributed by atoms with Crippen LogP contribution in [0.15, 0.2) is 69.9 Å². The standard InChI is InChI=1S/C20H34O.C20H32O.C14H26O2.C13H22O2.C12H22O2/c2*1-16(2)8-5-9-17(3)10-6-11-18(4)14-15-19-12-7-13-20(19)21;1-2-3-4-5-6-7-8-9-10-13-11-12-14(15)16-13;1-3-4-5-6-12-11(9-10(2)14)7-8-13(12)15;1-2-3-4-5-6-7-8-11-9-10-12(13)14-11/h8,10,14,19-21H,5-7,9,11-13,15H2,1-4H3;8,10,14,19H,5-7,9,11-13,15H2,1-4H3;13H,2-12H2,1H3;11-12H,3-9H2,1-2H3;11H,2-10H2,1H3/b2*17-10+,18-14+;;;. The van der Waals surface area contributed by atoms with Crippen molar-refractivity contribution in [2.45, 2.75) is 377 Å². The predicted molar refractivity (Wildman–Crippen MR) is 370 cm³/mol. The molecule has 7 unspecified atom stereocenters. The number of ether oxygens (including phenoxy) is 2. The van der Waals surface area contributed by atoms with Gasteiger partial charge in [-0.3, -0.25) is 19.2 Å². The van der Waals surface area contributed by atoms with Crippen LogP contribution in [0.1, 0.15) is 359 Å². The Hall–Kier alpha value is -3.65. The zero-order valence-electron chi connectivity index (χ0n) is 58.7. The number of cyclic esters (lactones) is 2. The van der Waals surface area contributed by atoms with Gasteiger partial charge in [-0.05, 0) is 215 Å². The van der Waals surface area contributed by atoms with E-state index in [4.69, 9.17) is 9.47 Å². The molecule has 0 spiro atoms. The fraction of sp³-hybridized carbons (Fsp3) is 0.785. The minimum atomic E-state index is -0.0498. The Balaban J connectivity index is 0.000000549. The molecule has 3 saturated carbocycles. The van der Waals surface area contributed by atoms with Gasteiger partial charge in [-0.25, -0.2) is 0 Å². The molecule has 0 radical (unpaired) electrons. The molecule has 0 bridgehead atoms. The molecule has 8 nitrogen and oxygen atoms in total. The zero-order valence-corrected chi connectivity index (χ0v) is 58.7. The van der Waals surface area contributed by atoms with Crippen LogP contribution in [0.3, 0.4) is 0 Å². The van der Waals surface area contributed by atoms with E-state index in [-0.39, 0.29) is 42.0 Å². The quantitative estimate of drug-likeness (QED) is 0.0368. The van der Waals surface area contributed by atoms with Crippen LogP contribution in [0.4, 0.5) is 0 Å². The molecule has 0 aromatic heterocycles. The average molecular weight is 1210 g/mol. The van der Waals surface area contributed by atoms with Gasteiger partial charge in [0.05, 0.1) is 6.10 Å². The molecule has 5 rings (SSSR count). The Bertz CT molecular complexity index is 2040. The highest BCUT2D eigenvalue weighted by Gasteiger charge is 2.34. The van der Waals surface area contributed by atoms with Crippen LogP contribution in [0, 0.1) is 23.7 Å². The van der Waals surface area contributed by atoms with Gasteiger partial charge in [0.1, 0.15) is 29.6 Å². The van der Waals surface area contributed by atoms with Crippen molar-refractivity contribution in [3.8, 4) is 0 Å². The van der Waals surface area contributed by atoms with Crippen molar-refractivity contribution in [2.75, 3.05) is 0 Å². The summed E-state index contributed by atoms with van der Waals surface area (Å²) in [5, 5.41) is 9.83. The van der Waals surface area contributed by atoms with Crippen LogP contribution in [0.2, 0.25) is 0 Å². The molecule has 8 heteroatoms. The summed E-state index contributed by atoms with van der Waals surface area (Å²) in [4.78, 5) is 56.0. The van der Waals surface area contributed by atoms with Crippen molar-refractivity contribution in [1.82, 2.24) is 0 Å². The smallest absolute Gasteiger partial charge is 0.306 e. The minimum absolute atomic E-state index is 0.000910. The van der Waals surface area contributed by atoms with Crippen molar-refractivity contribution in [3.05, 3.63) is 69.9 Å². The van der Waals surface area contributed by atoms with Crippen molar-refractivity contribution in [2.24, 2.45) is 23.7 Å². The number of Topliss-reactive ketones (excluding diaryl/α,β-unsaturated/α-hetero) is 3. The summed E-state index contributed by atoms with van der Waals surface area (Å²) in [6, 6.07) is 0. The third kappa shape index (κ3) is 45.3. The lowest BCUT2D eigenvalue weighted by Crippen LogP contribution is -2.17. The third-order valence-corrected chi connectivity index (χ3v) is 18.4. The highest BCUT2D eigenvalue weighted by molar-refractivity contribution is 5.85. The number of allylic oxidation sites excluding steroid dienone is 12. The third-order valence-electron chi connectivity index (χ3n) is 18.4. The summed E-state index contributed by atoms with van der Waals surface area (Å²) in [7, 11) is 0. The van der Waals surface area contributed by atoms with E-state index in [0.717, 1.165) is 116 Å². The van der Waals surface area contributed by atoms with Gasteiger partial charge in [-0.2, -0.15) is 0 Å². The van der Waals surface area contributed by atoms with Crippen LogP contribution in [-0.4, -0.2) is 52.7 Å². The molecule has 1 N–H and O–H groups in total. The molecule has 0 aromatic carbocycles. The van der Waals surface area contributed by atoms with E-state index in [1.165, 1.54) is 168 Å². The van der Waals surface area contributed by atoms with E-state index in [9.17, 15) is 29.1 Å². The summed E-state index contributed by atoms with van der Waals surface area (Å²) >= 11 is 0. The molecular formula is C79H136O8. The topological polar surface area (TPSA) is 124 Å². The van der Waals surface area contributed by atoms with Crippen LogP contribution in [0.5, 0.6) is 0 Å². The number of rotatable bonds is 38. The highest BCUT2D eigenvalue weighted by Crippen LogP contribution is 2.35. The molecule has 2 saturated heterocycles. The van der Waals surface area contributed by atoms with Gasteiger partial charge in [-0.15, -0.1) is 0 Å². The zero-order chi connectivity index (χ0) is 64.5. The van der Waals surface area contributed by atoms with Crippen molar-refractivity contribution in [3.63, 3.8) is 0 Å². The summed E-state index contributed by atoms with van der Waals surface area (Å²) in [5.41, 5.74) is 8.72. The highest BCUT2D eigenvalue weighted by atomic mass is 16.6. The van der Waals surface area contributed by atoms with Gasteiger partial charge in [0.25, 0.3) is 0 Å². The lowest BCUT2D eigenvalue weighted by molar-refractivity contribution is -0.142. The van der Waals surface area contributed by atoms with Crippen LogP contribution < -0.4 is 0 Å². The van der Waals surface area contributed by atoms with Crippen LogP contribution >= 0.6 is 0 Å². The Labute approximate surface area is 536 Å². The lowest BCUT2D eigenvalue weighted by atomic mass is 9.87. The summed E-state index contributed by atoms with van der Waals surface area (Å²) in [5.74, 6) is 2.50. The van der Waals surface area contributed by atoms with Gasteiger partial charge in [0.2, 0.25) is 0 Å². The molecule has 2 aliphatic heterocycles. The molecule has 3 aliphatic carbocycles. The van der Waals surface area contributed by atoms with Gasteiger partial charge in [0.15, 0.2) is 0 Å². The summed E-state index contributed by atoms with van der Waals surface area (Å²) in [6.45, 7) is 25.8. The maximum Gasteiger partial charge on any atom is 0.306 e. The second kappa shape index (κ2) is 53.1. The Morgan fingerprint density at radius 1 is 0.425 bits per heavy atom. The van der Waals surface area contributed by atoms with Crippen molar-refractivity contribution >= 4 is 29.3 Å². The van der Waals surface area contributed by atoms with Gasteiger partial charge in [-0.1, -0.05) is 193 Å². The number of carbonyl (C=O) groups is 5. The molecule has 0 amide bonds. The Morgan fingerprint density at radius 3 is 1.25 bits per heavy atom. The fourth-order valence-electron chi connectivity index (χ4n) is 12.6. The second-order valence-electron chi connectivity index (χ2n) is 27.6. The van der Waals surface area contributed by atoms with Gasteiger partial charge in [0, 0.05) is 43.9 Å². The number of esters is 2. The van der Waals surface area contributed by atoms with E-state index >= 15 is 0 Å². The normalized spacial score (nSPS) is 22.1. The first-order valence-corrected chi connectivity index (χ1v) is 36.3. The minimum Gasteiger partial charge on any atom is -0.462 e. The Morgan fingerprint density at radius 2 is 0.851 bits per heavy atom. The molecule has 5 aliphatic rings. The predicted octanol–water partition coefficient (Wildman–Crippen LogP) is 22.9. The molecule has 5 fully saturated rings. The number of hydrogen-bond acceptors (Lipinski definition) is 8. The van der Waals surface area contributed by atoms with E-state index < -0.39 is 0 Å². The van der Waals surface area contributed by atoms with Gasteiger partial charge < -0.3 is 19.4 Å². The number of unbranched alkanes of at least 4 members (excludes halogenated alkanes) is 14.